The molecule has 2 unspecified atom stereocenters. The zero-order chi connectivity index (χ0) is 12.1. The Bertz CT molecular complexity index is 364. The van der Waals surface area contributed by atoms with Gasteiger partial charge in [0.15, 0.2) is 0 Å². The molecule has 1 aromatic carbocycles. The van der Waals surface area contributed by atoms with Gasteiger partial charge < -0.3 is 11.1 Å². The highest BCUT2D eigenvalue weighted by Gasteiger charge is 2.22. The van der Waals surface area contributed by atoms with Crippen molar-refractivity contribution in [3.8, 4) is 0 Å². The molecule has 2 atom stereocenters. The van der Waals surface area contributed by atoms with Crippen LogP contribution in [0.5, 0.6) is 0 Å². The largest absolute Gasteiger partial charge is 0.352 e. The summed E-state index contributed by atoms with van der Waals surface area (Å²) in [6, 6.07) is 9.57. The second-order valence-corrected chi connectivity index (χ2v) is 4.78. The molecule has 1 saturated carbocycles. The molecule has 3 N–H and O–H groups in total. The number of carbonyl (C=O) groups excluding carboxylic acids is 1. The van der Waals surface area contributed by atoms with Crippen LogP contribution >= 0.6 is 0 Å². The van der Waals surface area contributed by atoms with Gasteiger partial charge in [-0.3, -0.25) is 4.79 Å². The van der Waals surface area contributed by atoms with Gasteiger partial charge in [-0.25, -0.2) is 0 Å². The SMILES string of the molecule is NC1CCCCC1CNC(=O)c1ccccc1. The maximum Gasteiger partial charge on any atom is 0.251 e. The third-order valence-corrected chi connectivity index (χ3v) is 3.53. The summed E-state index contributed by atoms with van der Waals surface area (Å²) in [4.78, 5) is 11.8. The number of hydrogen-bond acceptors (Lipinski definition) is 2. The minimum Gasteiger partial charge on any atom is -0.352 e. The average Bonchev–Trinajstić information content (AvgIpc) is 2.38. The van der Waals surface area contributed by atoms with Crippen molar-refractivity contribution in [1.29, 1.82) is 0 Å². The molecule has 17 heavy (non-hydrogen) atoms. The van der Waals surface area contributed by atoms with E-state index in [2.05, 4.69) is 5.32 Å². The van der Waals surface area contributed by atoms with Crippen LogP contribution in [0.1, 0.15) is 36.0 Å². The molecule has 0 saturated heterocycles. The van der Waals surface area contributed by atoms with Gasteiger partial charge in [-0.1, -0.05) is 31.0 Å². The van der Waals surface area contributed by atoms with Crippen LogP contribution in [0.2, 0.25) is 0 Å². The maximum absolute atomic E-state index is 11.8. The number of nitrogens with one attached hydrogen (secondary N) is 1. The van der Waals surface area contributed by atoms with Crippen LogP contribution in [-0.4, -0.2) is 18.5 Å². The molecule has 0 heterocycles. The molecule has 3 heteroatoms. The summed E-state index contributed by atoms with van der Waals surface area (Å²) in [6.07, 6.45) is 4.69. The van der Waals surface area contributed by atoms with Crippen molar-refractivity contribution in [2.24, 2.45) is 11.7 Å². The number of nitrogens with two attached hydrogens (primary N) is 1. The number of rotatable bonds is 3. The smallest absolute Gasteiger partial charge is 0.251 e. The fourth-order valence-corrected chi connectivity index (χ4v) is 2.41. The number of amides is 1. The van der Waals surface area contributed by atoms with Crippen LogP contribution in [0.25, 0.3) is 0 Å². The summed E-state index contributed by atoms with van der Waals surface area (Å²) in [5.74, 6) is 0.444. The normalized spacial score (nSPS) is 24.3. The van der Waals surface area contributed by atoms with E-state index in [1.165, 1.54) is 12.8 Å². The lowest BCUT2D eigenvalue weighted by molar-refractivity contribution is 0.0941. The Labute approximate surface area is 102 Å². The van der Waals surface area contributed by atoms with Gasteiger partial charge in [-0.2, -0.15) is 0 Å². The molecule has 1 aliphatic carbocycles. The summed E-state index contributed by atoms with van der Waals surface area (Å²) >= 11 is 0. The Morgan fingerprint density at radius 2 is 1.94 bits per heavy atom. The molecular weight excluding hydrogens is 212 g/mol. The summed E-state index contributed by atoms with van der Waals surface area (Å²) in [7, 11) is 0. The van der Waals surface area contributed by atoms with E-state index in [1.54, 1.807) is 0 Å². The lowest BCUT2D eigenvalue weighted by Crippen LogP contribution is -2.41. The van der Waals surface area contributed by atoms with Crippen molar-refractivity contribution in [2.75, 3.05) is 6.54 Å². The predicted octanol–water partition coefficient (Wildman–Crippen LogP) is 1.93. The van der Waals surface area contributed by atoms with E-state index in [9.17, 15) is 4.79 Å². The van der Waals surface area contributed by atoms with Gasteiger partial charge in [0.25, 0.3) is 5.91 Å². The fraction of sp³-hybridized carbons (Fsp3) is 0.500. The lowest BCUT2D eigenvalue weighted by Gasteiger charge is -2.28. The van der Waals surface area contributed by atoms with E-state index in [0.29, 0.717) is 12.5 Å². The molecular formula is C14H20N2O. The van der Waals surface area contributed by atoms with Gasteiger partial charge in [-0.15, -0.1) is 0 Å². The quantitative estimate of drug-likeness (QED) is 0.836. The topological polar surface area (TPSA) is 55.1 Å². The molecule has 0 bridgehead atoms. The van der Waals surface area contributed by atoms with E-state index in [-0.39, 0.29) is 11.9 Å². The van der Waals surface area contributed by atoms with Crippen LogP contribution < -0.4 is 11.1 Å². The maximum atomic E-state index is 11.8. The molecule has 0 aliphatic heterocycles. The zero-order valence-corrected chi connectivity index (χ0v) is 10.1. The molecule has 0 aromatic heterocycles. The second-order valence-electron chi connectivity index (χ2n) is 4.78. The van der Waals surface area contributed by atoms with E-state index >= 15 is 0 Å². The van der Waals surface area contributed by atoms with Gasteiger partial charge >= 0.3 is 0 Å². The van der Waals surface area contributed by atoms with Crippen molar-refractivity contribution in [3.05, 3.63) is 35.9 Å². The van der Waals surface area contributed by atoms with Crippen LogP contribution in [0.15, 0.2) is 30.3 Å². The molecule has 92 valence electrons. The molecule has 1 amide bonds. The lowest BCUT2D eigenvalue weighted by atomic mass is 9.85. The number of benzene rings is 1. The van der Waals surface area contributed by atoms with Gasteiger partial charge in [0, 0.05) is 18.2 Å². The first-order valence-corrected chi connectivity index (χ1v) is 6.36. The summed E-state index contributed by atoms with van der Waals surface area (Å²) < 4.78 is 0. The minimum atomic E-state index is 0.00312. The van der Waals surface area contributed by atoms with E-state index in [0.717, 1.165) is 18.4 Å². The standard InChI is InChI=1S/C14H20N2O/c15-13-9-5-4-8-12(13)10-16-14(17)11-6-2-1-3-7-11/h1-3,6-7,12-13H,4-5,8-10,15H2,(H,16,17). The van der Waals surface area contributed by atoms with Crippen LogP contribution in [0.4, 0.5) is 0 Å². The van der Waals surface area contributed by atoms with Crippen LogP contribution in [-0.2, 0) is 0 Å². The Hall–Kier alpha value is -1.35. The molecule has 1 fully saturated rings. The van der Waals surface area contributed by atoms with Gasteiger partial charge in [0.2, 0.25) is 0 Å². The second kappa shape index (κ2) is 5.82. The average molecular weight is 232 g/mol. The third-order valence-electron chi connectivity index (χ3n) is 3.53. The Kier molecular flexibility index (Phi) is 4.15. The van der Waals surface area contributed by atoms with Gasteiger partial charge in [0.1, 0.15) is 0 Å². The molecule has 3 nitrogen and oxygen atoms in total. The Morgan fingerprint density at radius 1 is 1.24 bits per heavy atom. The molecule has 0 spiro atoms. The van der Waals surface area contributed by atoms with Crippen molar-refractivity contribution in [3.63, 3.8) is 0 Å². The number of carbonyl (C=O) groups is 1. The van der Waals surface area contributed by atoms with Crippen LogP contribution in [0.3, 0.4) is 0 Å². The van der Waals surface area contributed by atoms with Crippen molar-refractivity contribution in [2.45, 2.75) is 31.7 Å². The third kappa shape index (κ3) is 3.30. The van der Waals surface area contributed by atoms with E-state index in [4.69, 9.17) is 5.73 Å². The van der Waals surface area contributed by atoms with Crippen molar-refractivity contribution in [1.82, 2.24) is 5.32 Å². The predicted molar refractivity (Wildman–Crippen MR) is 68.7 cm³/mol. The van der Waals surface area contributed by atoms with E-state index < -0.39 is 0 Å². The zero-order valence-electron chi connectivity index (χ0n) is 10.1. The highest BCUT2D eigenvalue weighted by molar-refractivity contribution is 5.94. The van der Waals surface area contributed by atoms with Crippen molar-refractivity contribution >= 4 is 5.91 Å². The fourth-order valence-electron chi connectivity index (χ4n) is 2.41. The Balaban J connectivity index is 1.84. The van der Waals surface area contributed by atoms with Crippen molar-refractivity contribution < 1.29 is 4.79 Å². The first kappa shape index (κ1) is 12.1. The van der Waals surface area contributed by atoms with Gasteiger partial charge in [-0.05, 0) is 30.9 Å². The first-order chi connectivity index (χ1) is 8.27. The van der Waals surface area contributed by atoms with E-state index in [1.807, 2.05) is 30.3 Å². The highest BCUT2D eigenvalue weighted by Crippen LogP contribution is 2.22. The Morgan fingerprint density at radius 3 is 2.65 bits per heavy atom. The molecule has 1 aromatic rings. The minimum absolute atomic E-state index is 0.00312. The summed E-state index contributed by atoms with van der Waals surface area (Å²) in [6.45, 7) is 0.703. The van der Waals surface area contributed by atoms with Crippen LogP contribution in [0, 0.1) is 5.92 Å². The monoisotopic (exact) mass is 232 g/mol. The molecule has 0 radical (unpaired) electrons. The molecule has 1 aliphatic rings. The highest BCUT2D eigenvalue weighted by atomic mass is 16.1. The first-order valence-electron chi connectivity index (χ1n) is 6.36. The number of hydrogen-bond donors (Lipinski definition) is 2. The molecule has 2 rings (SSSR count). The van der Waals surface area contributed by atoms with Gasteiger partial charge in [0.05, 0.1) is 0 Å². The summed E-state index contributed by atoms with van der Waals surface area (Å²) in [5, 5.41) is 2.98. The summed E-state index contributed by atoms with van der Waals surface area (Å²) in [5.41, 5.74) is 6.77.